The summed E-state index contributed by atoms with van der Waals surface area (Å²) >= 11 is 0. The summed E-state index contributed by atoms with van der Waals surface area (Å²) in [6, 6.07) is 13.3. The van der Waals surface area contributed by atoms with Gasteiger partial charge in [0.2, 0.25) is 0 Å². The average molecular weight is 416 g/mol. The summed E-state index contributed by atoms with van der Waals surface area (Å²) in [5, 5.41) is 1.17. The molecule has 154 valence electrons. The minimum atomic E-state index is -3.32. The van der Waals surface area contributed by atoms with Gasteiger partial charge in [-0.3, -0.25) is 4.79 Å². The second-order valence-corrected chi connectivity index (χ2v) is 8.76. The van der Waals surface area contributed by atoms with Gasteiger partial charge in [-0.2, -0.15) is 0 Å². The zero-order chi connectivity index (χ0) is 20.9. The van der Waals surface area contributed by atoms with Crippen LogP contribution in [0.25, 0.3) is 0 Å². The van der Waals surface area contributed by atoms with Crippen molar-refractivity contribution in [3.8, 4) is 11.5 Å². The van der Waals surface area contributed by atoms with Gasteiger partial charge in [0.25, 0.3) is 5.91 Å². The van der Waals surface area contributed by atoms with Crippen molar-refractivity contribution in [2.24, 2.45) is 0 Å². The lowest BCUT2D eigenvalue weighted by atomic mass is 10.1. The average Bonchev–Trinajstić information content (AvgIpc) is 3.08. The van der Waals surface area contributed by atoms with Gasteiger partial charge in [0, 0.05) is 16.7 Å². The van der Waals surface area contributed by atoms with Crippen LogP contribution in [0.2, 0.25) is 0 Å². The molecule has 0 aliphatic carbocycles. The van der Waals surface area contributed by atoms with Gasteiger partial charge in [0.1, 0.15) is 11.5 Å². The number of ether oxygens (including phenoxy) is 2. The van der Waals surface area contributed by atoms with Crippen LogP contribution < -0.4 is 14.4 Å². The number of hydrogen-bond donors (Lipinski definition) is 0. The Morgan fingerprint density at radius 3 is 2.28 bits per heavy atom. The third kappa shape index (κ3) is 5.17. The molecule has 1 amide bonds. The van der Waals surface area contributed by atoms with E-state index in [0.29, 0.717) is 29.4 Å². The molecular formula is C22H25NO5S. The van der Waals surface area contributed by atoms with E-state index in [0.717, 1.165) is 12.8 Å². The van der Waals surface area contributed by atoms with Gasteiger partial charge in [-0.15, -0.1) is 0 Å². The summed E-state index contributed by atoms with van der Waals surface area (Å²) in [5.41, 5.74) is 1.06. The highest BCUT2D eigenvalue weighted by Gasteiger charge is 2.32. The van der Waals surface area contributed by atoms with E-state index < -0.39 is 15.9 Å². The summed E-state index contributed by atoms with van der Waals surface area (Å²) in [5.74, 6) is 0.948. The van der Waals surface area contributed by atoms with Crippen LogP contribution in [-0.2, 0) is 9.84 Å². The minimum absolute atomic E-state index is 0.136. The second-order valence-electron chi connectivity index (χ2n) is 6.82. The quantitative estimate of drug-likeness (QED) is 0.613. The first kappa shape index (κ1) is 20.9. The minimum Gasteiger partial charge on any atom is -0.497 e. The van der Waals surface area contributed by atoms with Gasteiger partial charge >= 0.3 is 0 Å². The fourth-order valence-electron chi connectivity index (χ4n) is 3.09. The van der Waals surface area contributed by atoms with E-state index in [1.807, 2.05) is 0 Å². The third-order valence-corrected chi connectivity index (χ3v) is 6.06. The maximum atomic E-state index is 13.3. The second kappa shape index (κ2) is 9.13. The Morgan fingerprint density at radius 2 is 1.72 bits per heavy atom. The molecule has 0 fully saturated rings. The van der Waals surface area contributed by atoms with Crippen LogP contribution in [0.3, 0.4) is 0 Å². The number of carbonyl (C=O) groups is 1. The maximum absolute atomic E-state index is 13.3. The van der Waals surface area contributed by atoms with E-state index in [-0.39, 0.29) is 11.7 Å². The largest absolute Gasteiger partial charge is 0.497 e. The Morgan fingerprint density at radius 1 is 1.07 bits per heavy atom. The van der Waals surface area contributed by atoms with Crippen molar-refractivity contribution in [2.45, 2.75) is 25.8 Å². The molecule has 7 heteroatoms. The van der Waals surface area contributed by atoms with Crippen molar-refractivity contribution < 1.29 is 22.7 Å². The van der Waals surface area contributed by atoms with Crippen LogP contribution in [0.4, 0.5) is 5.69 Å². The van der Waals surface area contributed by atoms with E-state index in [4.69, 9.17) is 9.47 Å². The molecule has 3 rings (SSSR count). The van der Waals surface area contributed by atoms with Crippen LogP contribution >= 0.6 is 0 Å². The molecule has 2 aromatic carbocycles. The molecule has 1 heterocycles. The molecule has 0 spiro atoms. The molecule has 0 bridgehead atoms. The molecule has 0 saturated carbocycles. The fraction of sp³-hybridized carbons (Fsp3) is 0.318. The highest BCUT2D eigenvalue weighted by atomic mass is 32.2. The lowest BCUT2D eigenvalue weighted by Crippen LogP contribution is -2.41. The summed E-state index contributed by atoms with van der Waals surface area (Å²) in [6.07, 6.45) is 3.57. The van der Waals surface area contributed by atoms with Crippen LogP contribution in [0, 0.1) is 0 Å². The van der Waals surface area contributed by atoms with Gasteiger partial charge < -0.3 is 14.4 Å². The molecule has 1 aliphatic heterocycles. The monoisotopic (exact) mass is 415 g/mol. The van der Waals surface area contributed by atoms with Crippen LogP contribution in [0.5, 0.6) is 11.5 Å². The molecule has 1 aliphatic rings. The molecule has 0 saturated heterocycles. The van der Waals surface area contributed by atoms with Gasteiger partial charge in [-0.05, 0) is 61.0 Å². The van der Waals surface area contributed by atoms with E-state index in [1.54, 1.807) is 61.7 Å². The van der Waals surface area contributed by atoms with E-state index in [9.17, 15) is 13.2 Å². The highest BCUT2D eigenvalue weighted by molar-refractivity contribution is 7.94. The number of sulfone groups is 1. The number of rotatable bonds is 8. The summed E-state index contributed by atoms with van der Waals surface area (Å²) in [7, 11) is -1.75. The molecule has 1 atom stereocenters. The SMILES string of the molecule is CCCCOc1ccc(C(=O)N(c2ccc(OC)cc2)[C@@H]2C=CS(=O)(=O)C2)cc1. The zero-order valence-electron chi connectivity index (χ0n) is 16.6. The molecule has 0 unspecified atom stereocenters. The van der Waals surface area contributed by atoms with Crippen LogP contribution in [0.1, 0.15) is 30.1 Å². The lowest BCUT2D eigenvalue weighted by molar-refractivity contribution is 0.0983. The van der Waals surface area contributed by atoms with E-state index in [1.165, 1.54) is 10.3 Å². The summed E-state index contributed by atoms with van der Waals surface area (Å²) in [4.78, 5) is 14.8. The summed E-state index contributed by atoms with van der Waals surface area (Å²) < 4.78 is 34.7. The number of methoxy groups -OCH3 is 1. The number of benzene rings is 2. The van der Waals surface area contributed by atoms with Crippen LogP contribution in [-0.4, -0.2) is 39.8 Å². The summed E-state index contributed by atoms with van der Waals surface area (Å²) in [6.45, 7) is 2.73. The topological polar surface area (TPSA) is 72.9 Å². The number of carbonyl (C=O) groups excluding carboxylic acids is 1. The first-order chi connectivity index (χ1) is 13.9. The standard InChI is InChI=1S/C22H25NO5S/c1-3-4-14-28-21-9-5-17(6-10-21)22(24)23(19-13-15-29(25,26)16-19)18-7-11-20(27-2)12-8-18/h5-13,15,19H,3-4,14,16H2,1-2H3/t19-/m1/s1. The predicted octanol–water partition coefficient (Wildman–Crippen LogP) is 3.83. The molecule has 0 aromatic heterocycles. The van der Waals surface area contributed by atoms with Crippen molar-refractivity contribution in [1.82, 2.24) is 0 Å². The van der Waals surface area contributed by atoms with E-state index >= 15 is 0 Å². The fourth-order valence-corrected chi connectivity index (χ4v) is 4.36. The zero-order valence-corrected chi connectivity index (χ0v) is 17.4. The molecule has 0 radical (unpaired) electrons. The van der Waals surface area contributed by atoms with Crippen LogP contribution in [0.15, 0.2) is 60.0 Å². The van der Waals surface area contributed by atoms with E-state index in [2.05, 4.69) is 6.92 Å². The third-order valence-electron chi connectivity index (χ3n) is 4.68. The van der Waals surface area contributed by atoms with Gasteiger partial charge in [0.15, 0.2) is 9.84 Å². The van der Waals surface area contributed by atoms with Crippen molar-refractivity contribution >= 4 is 21.4 Å². The van der Waals surface area contributed by atoms with Crippen molar-refractivity contribution in [3.63, 3.8) is 0 Å². The molecule has 29 heavy (non-hydrogen) atoms. The van der Waals surface area contributed by atoms with Crippen molar-refractivity contribution in [1.29, 1.82) is 0 Å². The van der Waals surface area contributed by atoms with Gasteiger partial charge in [-0.1, -0.05) is 13.3 Å². The molecule has 6 nitrogen and oxygen atoms in total. The number of nitrogens with zero attached hydrogens (tertiary/aromatic N) is 1. The van der Waals surface area contributed by atoms with Gasteiger partial charge in [-0.25, -0.2) is 8.42 Å². The number of anilines is 1. The molecule has 0 N–H and O–H groups in total. The number of unbranched alkanes of at least 4 members (excludes halogenated alkanes) is 1. The molecule has 2 aromatic rings. The molecular weight excluding hydrogens is 390 g/mol. The Labute approximate surface area is 171 Å². The van der Waals surface area contributed by atoms with Crippen molar-refractivity contribution in [2.75, 3.05) is 24.4 Å². The number of amides is 1. The van der Waals surface area contributed by atoms with Crippen molar-refractivity contribution in [3.05, 3.63) is 65.6 Å². The maximum Gasteiger partial charge on any atom is 0.258 e. The predicted molar refractivity (Wildman–Crippen MR) is 113 cm³/mol. The number of hydrogen-bond acceptors (Lipinski definition) is 5. The smallest absolute Gasteiger partial charge is 0.258 e. The Hall–Kier alpha value is -2.80. The Bertz CT molecular complexity index is 965. The lowest BCUT2D eigenvalue weighted by Gasteiger charge is -2.28. The Balaban J connectivity index is 1.87. The first-order valence-electron chi connectivity index (χ1n) is 9.55. The highest BCUT2D eigenvalue weighted by Crippen LogP contribution is 2.27. The Kier molecular flexibility index (Phi) is 6.59. The normalized spacial score (nSPS) is 17.1. The van der Waals surface area contributed by atoms with Gasteiger partial charge in [0.05, 0.1) is 25.5 Å². The first-order valence-corrected chi connectivity index (χ1v) is 11.3.